The summed E-state index contributed by atoms with van der Waals surface area (Å²) in [6.45, 7) is 3.44. The van der Waals surface area contributed by atoms with Gasteiger partial charge in [-0.15, -0.1) is 0 Å². The van der Waals surface area contributed by atoms with Gasteiger partial charge in [0.1, 0.15) is 0 Å². The lowest BCUT2D eigenvalue weighted by molar-refractivity contribution is 0.0303. The topological polar surface area (TPSA) is 60.0 Å². The van der Waals surface area contributed by atoms with Crippen LogP contribution in [0.4, 0.5) is 0 Å². The smallest absolute Gasteiger partial charge is 0.161 e. The standard InChI is InChI=1S/C15H23NO4/c1-10-8-20-9-12(16-10)7-13(17)11-4-5-14(18-2)15(6-11)19-3/h4-6,10,12-13,16-17H,7-9H2,1-3H3. The predicted molar refractivity (Wildman–Crippen MR) is 76.3 cm³/mol. The molecule has 20 heavy (non-hydrogen) atoms. The second kappa shape index (κ2) is 6.92. The number of aliphatic hydroxyl groups is 1. The third-order valence-corrected chi connectivity index (χ3v) is 3.51. The third-order valence-electron chi connectivity index (χ3n) is 3.51. The van der Waals surface area contributed by atoms with Gasteiger partial charge in [0.25, 0.3) is 0 Å². The molecule has 0 amide bonds. The van der Waals surface area contributed by atoms with Gasteiger partial charge in [0.2, 0.25) is 0 Å². The Labute approximate surface area is 119 Å². The molecule has 5 nitrogen and oxygen atoms in total. The second-order valence-corrected chi connectivity index (χ2v) is 5.17. The lowest BCUT2D eigenvalue weighted by Crippen LogP contribution is -2.47. The number of hydrogen-bond donors (Lipinski definition) is 2. The van der Waals surface area contributed by atoms with E-state index in [4.69, 9.17) is 14.2 Å². The second-order valence-electron chi connectivity index (χ2n) is 5.17. The van der Waals surface area contributed by atoms with Gasteiger partial charge in [0.05, 0.1) is 33.5 Å². The Balaban J connectivity index is 2.03. The summed E-state index contributed by atoms with van der Waals surface area (Å²) in [5.74, 6) is 1.29. The number of hydrogen-bond acceptors (Lipinski definition) is 5. The summed E-state index contributed by atoms with van der Waals surface area (Å²) in [6, 6.07) is 5.98. The Hall–Kier alpha value is -1.30. The Kier molecular flexibility index (Phi) is 5.23. The van der Waals surface area contributed by atoms with Crippen LogP contribution in [0.3, 0.4) is 0 Å². The quantitative estimate of drug-likeness (QED) is 0.856. The Morgan fingerprint density at radius 3 is 2.70 bits per heavy atom. The highest BCUT2D eigenvalue weighted by atomic mass is 16.5. The van der Waals surface area contributed by atoms with Gasteiger partial charge in [-0.3, -0.25) is 0 Å². The van der Waals surface area contributed by atoms with Gasteiger partial charge in [-0.25, -0.2) is 0 Å². The van der Waals surface area contributed by atoms with Gasteiger partial charge in [-0.2, -0.15) is 0 Å². The number of benzene rings is 1. The molecule has 0 bridgehead atoms. The summed E-state index contributed by atoms with van der Waals surface area (Å²) < 4.78 is 15.9. The first-order valence-electron chi connectivity index (χ1n) is 6.87. The van der Waals surface area contributed by atoms with Crippen molar-refractivity contribution in [1.29, 1.82) is 0 Å². The Morgan fingerprint density at radius 2 is 2.05 bits per heavy atom. The zero-order valence-electron chi connectivity index (χ0n) is 12.3. The summed E-state index contributed by atoms with van der Waals surface area (Å²) in [4.78, 5) is 0. The first-order valence-corrected chi connectivity index (χ1v) is 6.87. The summed E-state index contributed by atoms with van der Waals surface area (Å²) in [5, 5.41) is 13.8. The number of morpholine rings is 1. The van der Waals surface area contributed by atoms with Crippen LogP contribution in [0, 0.1) is 0 Å². The van der Waals surface area contributed by atoms with Crippen molar-refractivity contribution in [2.24, 2.45) is 0 Å². The van der Waals surface area contributed by atoms with Gasteiger partial charge in [-0.05, 0) is 31.0 Å². The lowest BCUT2D eigenvalue weighted by Gasteiger charge is -2.30. The molecule has 0 spiro atoms. The minimum Gasteiger partial charge on any atom is -0.493 e. The van der Waals surface area contributed by atoms with E-state index in [-0.39, 0.29) is 6.04 Å². The summed E-state index contributed by atoms with van der Waals surface area (Å²) in [7, 11) is 3.19. The molecule has 0 saturated carbocycles. The molecule has 5 heteroatoms. The molecule has 3 atom stereocenters. The van der Waals surface area contributed by atoms with Crippen molar-refractivity contribution >= 4 is 0 Å². The van der Waals surface area contributed by atoms with Crippen LogP contribution < -0.4 is 14.8 Å². The Bertz CT molecular complexity index is 438. The molecule has 1 aromatic carbocycles. The maximum Gasteiger partial charge on any atom is 0.161 e. The average Bonchev–Trinajstić information content (AvgIpc) is 2.46. The van der Waals surface area contributed by atoms with Gasteiger partial charge in [-0.1, -0.05) is 6.07 Å². The van der Waals surface area contributed by atoms with Crippen LogP contribution in [-0.2, 0) is 4.74 Å². The molecule has 2 N–H and O–H groups in total. The largest absolute Gasteiger partial charge is 0.493 e. The molecule has 1 aromatic rings. The number of rotatable bonds is 5. The molecule has 0 aromatic heterocycles. The van der Waals surface area contributed by atoms with Crippen LogP contribution in [0.2, 0.25) is 0 Å². The van der Waals surface area contributed by atoms with Crippen molar-refractivity contribution in [3.8, 4) is 11.5 Å². The molecule has 1 saturated heterocycles. The Morgan fingerprint density at radius 1 is 1.30 bits per heavy atom. The average molecular weight is 281 g/mol. The van der Waals surface area contributed by atoms with Crippen molar-refractivity contribution in [3.63, 3.8) is 0 Å². The zero-order chi connectivity index (χ0) is 14.5. The van der Waals surface area contributed by atoms with Crippen molar-refractivity contribution in [1.82, 2.24) is 5.32 Å². The maximum absolute atomic E-state index is 10.4. The SMILES string of the molecule is COc1ccc(C(O)CC2COCC(C)N2)cc1OC. The molecule has 1 heterocycles. The maximum atomic E-state index is 10.4. The first kappa shape index (κ1) is 15.1. The summed E-state index contributed by atoms with van der Waals surface area (Å²) >= 11 is 0. The van der Waals surface area contributed by atoms with E-state index in [0.717, 1.165) is 12.2 Å². The van der Waals surface area contributed by atoms with Crippen LogP contribution in [0.25, 0.3) is 0 Å². The highest BCUT2D eigenvalue weighted by Crippen LogP contribution is 2.31. The molecule has 0 radical (unpaired) electrons. The van der Waals surface area contributed by atoms with Crippen LogP contribution in [0.15, 0.2) is 18.2 Å². The van der Waals surface area contributed by atoms with Crippen molar-refractivity contribution in [2.45, 2.75) is 31.5 Å². The van der Waals surface area contributed by atoms with E-state index in [1.54, 1.807) is 14.2 Å². The van der Waals surface area contributed by atoms with Gasteiger partial charge < -0.3 is 24.6 Å². The minimum absolute atomic E-state index is 0.168. The molecule has 2 rings (SSSR count). The van der Waals surface area contributed by atoms with Crippen molar-refractivity contribution in [2.75, 3.05) is 27.4 Å². The van der Waals surface area contributed by atoms with E-state index in [1.165, 1.54) is 0 Å². The lowest BCUT2D eigenvalue weighted by atomic mass is 10.0. The molecular formula is C15H23NO4. The molecule has 0 aliphatic carbocycles. The van der Waals surface area contributed by atoms with Gasteiger partial charge in [0.15, 0.2) is 11.5 Å². The molecular weight excluding hydrogens is 258 g/mol. The number of nitrogens with one attached hydrogen (secondary N) is 1. The molecule has 1 aliphatic rings. The van der Waals surface area contributed by atoms with Crippen molar-refractivity contribution < 1.29 is 19.3 Å². The normalized spacial score (nSPS) is 24.2. The molecule has 1 aliphatic heterocycles. The fourth-order valence-corrected chi connectivity index (χ4v) is 2.49. The van der Waals surface area contributed by atoms with Crippen LogP contribution in [0.5, 0.6) is 11.5 Å². The zero-order valence-corrected chi connectivity index (χ0v) is 12.3. The van der Waals surface area contributed by atoms with Crippen LogP contribution >= 0.6 is 0 Å². The van der Waals surface area contributed by atoms with Crippen LogP contribution in [-0.4, -0.2) is 44.6 Å². The van der Waals surface area contributed by atoms with E-state index in [2.05, 4.69) is 12.2 Å². The highest BCUT2D eigenvalue weighted by molar-refractivity contribution is 5.43. The van der Waals surface area contributed by atoms with Gasteiger partial charge >= 0.3 is 0 Å². The first-order chi connectivity index (χ1) is 9.63. The summed E-state index contributed by atoms with van der Waals surface area (Å²) in [5.41, 5.74) is 0.822. The predicted octanol–water partition coefficient (Wildman–Crippen LogP) is 1.50. The molecule has 3 unspecified atom stereocenters. The summed E-state index contributed by atoms with van der Waals surface area (Å²) in [6.07, 6.45) is 0.0565. The van der Waals surface area contributed by atoms with E-state index in [1.807, 2.05) is 18.2 Å². The third kappa shape index (κ3) is 3.62. The number of aliphatic hydroxyl groups excluding tert-OH is 1. The van der Waals surface area contributed by atoms with E-state index < -0.39 is 6.10 Å². The van der Waals surface area contributed by atoms with Gasteiger partial charge in [0, 0.05) is 12.1 Å². The van der Waals surface area contributed by atoms with Crippen LogP contribution in [0.1, 0.15) is 25.0 Å². The molecule has 112 valence electrons. The monoisotopic (exact) mass is 281 g/mol. The minimum atomic E-state index is -0.554. The van der Waals surface area contributed by atoms with E-state index in [9.17, 15) is 5.11 Å². The number of ether oxygens (including phenoxy) is 3. The van der Waals surface area contributed by atoms with E-state index in [0.29, 0.717) is 30.6 Å². The fourth-order valence-electron chi connectivity index (χ4n) is 2.49. The highest BCUT2D eigenvalue weighted by Gasteiger charge is 2.22. The van der Waals surface area contributed by atoms with E-state index >= 15 is 0 Å². The number of methoxy groups -OCH3 is 2. The van der Waals surface area contributed by atoms with Crippen molar-refractivity contribution in [3.05, 3.63) is 23.8 Å². The fraction of sp³-hybridized carbons (Fsp3) is 0.600. The molecule has 1 fully saturated rings.